The third kappa shape index (κ3) is 4.16. The third-order valence-electron chi connectivity index (χ3n) is 4.30. The molecule has 1 aliphatic heterocycles. The van der Waals surface area contributed by atoms with Gasteiger partial charge in [-0.05, 0) is 30.5 Å². The maximum Gasteiger partial charge on any atom is 0.573 e. The summed E-state index contributed by atoms with van der Waals surface area (Å²) in [7, 11) is 1.51. The zero-order valence-corrected chi connectivity index (χ0v) is 14.0. The molecule has 0 spiro atoms. The van der Waals surface area contributed by atoms with E-state index in [1.165, 1.54) is 25.3 Å². The highest BCUT2D eigenvalue weighted by atomic mass is 19.4. The van der Waals surface area contributed by atoms with E-state index in [-0.39, 0.29) is 5.75 Å². The first-order valence-corrected chi connectivity index (χ1v) is 8.00. The zero-order chi connectivity index (χ0) is 18.8. The fourth-order valence-corrected chi connectivity index (χ4v) is 2.95. The Hall–Kier alpha value is -2.55. The molecule has 3 rings (SSSR count). The monoisotopic (exact) mass is 369 g/mol. The number of alkyl halides is 3. The number of aromatic nitrogens is 2. The number of methoxy groups -OCH3 is 1. The minimum absolute atomic E-state index is 0.322. The Morgan fingerprint density at radius 3 is 2.58 bits per heavy atom. The van der Waals surface area contributed by atoms with Gasteiger partial charge in [-0.2, -0.15) is 4.98 Å². The van der Waals surface area contributed by atoms with Crippen LogP contribution < -0.4 is 14.4 Å². The van der Waals surface area contributed by atoms with E-state index in [0.717, 1.165) is 0 Å². The average molecular weight is 369 g/mol. The minimum Gasteiger partial charge on any atom is -0.481 e. The molecule has 0 aliphatic carbocycles. The summed E-state index contributed by atoms with van der Waals surface area (Å²) in [4.78, 5) is 10.3. The van der Waals surface area contributed by atoms with Crippen LogP contribution in [0.5, 0.6) is 11.6 Å². The summed E-state index contributed by atoms with van der Waals surface area (Å²) in [5.41, 5.74) is -0.842. The molecule has 0 amide bonds. The third-order valence-corrected chi connectivity index (χ3v) is 4.30. The van der Waals surface area contributed by atoms with E-state index in [2.05, 4.69) is 14.7 Å². The standard InChI is InChI=1S/C17H18F3N3O3/c1-25-14-5-8-21-15(22-14)23-9-6-16(24,7-10-23)12-3-2-4-13(11-12)26-17(18,19)20/h2-5,8,11,24H,6-7,9-10H2,1H3. The number of piperidine rings is 1. The van der Waals surface area contributed by atoms with E-state index in [1.54, 1.807) is 18.3 Å². The van der Waals surface area contributed by atoms with Crippen LogP contribution in [-0.4, -0.2) is 41.6 Å². The van der Waals surface area contributed by atoms with Gasteiger partial charge in [0.15, 0.2) is 0 Å². The molecule has 0 unspecified atom stereocenters. The average Bonchev–Trinajstić information content (AvgIpc) is 2.61. The summed E-state index contributed by atoms with van der Waals surface area (Å²) < 4.78 is 46.2. The number of nitrogens with zero attached hydrogens (tertiary/aromatic N) is 3. The molecule has 1 saturated heterocycles. The smallest absolute Gasteiger partial charge is 0.481 e. The van der Waals surface area contributed by atoms with Gasteiger partial charge in [-0.3, -0.25) is 0 Å². The van der Waals surface area contributed by atoms with Gasteiger partial charge in [0, 0.05) is 25.4 Å². The van der Waals surface area contributed by atoms with Gasteiger partial charge in [-0.1, -0.05) is 12.1 Å². The molecule has 2 aromatic rings. The zero-order valence-electron chi connectivity index (χ0n) is 14.0. The minimum atomic E-state index is -4.77. The number of rotatable bonds is 4. The molecule has 0 bridgehead atoms. The van der Waals surface area contributed by atoms with Crippen molar-refractivity contribution in [2.75, 3.05) is 25.1 Å². The Bertz CT molecular complexity index is 762. The van der Waals surface area contributed by atoms with Crippen molar-refractivity contribution < 1.29 is 27.8 Å². The molecule has 26 heavy (non-hydrogen) atoms. The van der Waals surface area contributed by atoms with Crippen LogP contribution >= 0.6 is 0 Å². The summed E-state index contributed by atoms with van der Waals surface area (Å²) in [6.45, 7) is 0.905. The molecule has 1 aromatic carbocycles. The van der Waals surface area contributed by atoms with Crippen LogP contribution in [0.3, 0.4) is 0 Å². The van der Waals surface area contributed by atoms with Crippen LogP contribution in [0.2, 0.25) is 0 Å². The first kappa shape index (κ1) is 18.2. The summed E-state index contributed by atoms with van der Waals surface area (Å²) >= 11 is 0. The van der Waals surface area contributed by atoms with Crippen LogP contribution in [0.25, 0.3) is 0 Å². The lowest BCUT2D eigenvalue weighted by molar-refractivity contribution is -0.274. The summed E-state index contributed by atoms with van der Waals surface area (Å²) in [5, 5.41) is 10.9. The molecule has 1 N–H and O–H groups in total. The lowest BCUT2D eigenvalue weighted by Gasteiger charge is -2.38. The molecule has 1 aliphatic rings. The quantitative estimate of drug-likeness (QED) is 0.894. The molecule has 2 heterocycles. The topological polar surface area (TPSA) is 67.7 Å². The Morgan fingerprint density at radius 1 is 1.19 bits per heavy atom. The van der Waals surface area contributed by atoms with E-state index < -0.39 is 12.0 Å². The van der Waals surface area contributed by atoms with Gasteiger partial charge in [0.2, 0.25) is 11.8 Å². The Kier molecular flexibility index (Phi) is 4.90. The fourth-order valence-electron chi connectivity index (χ4n) is 2.95. The van der Waals surface area contributed by atoms with Gasteiger partial charge in [-0.25, -0.2) is 4.98 Å². The largest absolute Gasteiger partial charge is 0.573 e. The summed E-state index contributed by atoms with van der Waals surface area (Å²) in [6, 6.07) is 7.10. The van der Waals surface area contributed by atoms with E-state index >= 15 is 0 Å². The number of hydrogen-bond donors (Lipinski definition) is 1. The number of benzene rings is 1. The molecule has 0 saturated carbocycles. The van der Waals surface area contributed by atoms with Crippen molar-refractivity contribution in [3.63, 3.8) is 0 Å². The molecule has 0 radical (unpaired) electrons. The molecule has 140 valence electrons. The van der Waals surface area contributed by atoms with Gasteiger partial charge >= 0.3 is 6.36 Å². The summed E-state index contributed by atoms with van der Waals surface area (Å²) in [6.07, 6.45) is -2.54. The van der Waals surface area contributed by atoms with E-state index in [1.807, 2.05) is 4.90 Å². The highest BCUT2D eigenvalue weighted by Gasteiger charge is 2.36. The van der Waals surface area contributed by atoms with Crippen LogP contribution in [0.1, 0.15) is 18.4 Å². The first-order chi connectivity index (χ1) is 12.3. The normalized spacial score (nSPS) is 17.0. The van der Waals surface area contributed by atoms with E-state index in [0.29, 0.717) is 43.3 Å². The SMILES string of the molecule is COc1ccnc(N2CCC(O)(c3cccc(OC(F)(F)F)c3)CC2)n1. The Balaban J connectivity index is 1.72. The number of anilines is 1. The van der Waals surface area contributed by atoms with Crippen LogP contribution in [0.15, 0.2) is 36.5 Å². The van der Waals surface area contributed by atoms with Crippen LogP contribution in [0, 0.1) is 0 Å². The van der Waals surface area contributed by atoms with E-state index in [9.17, 15) is 18.3 Å². The summed E-state index contributed by atoms with van der Waals surface area (Å²) in [5.74, 6) is 0.579. The maximum absolute atomic E-state index is 12.4. The molecule has 6 nitrogen and oxygen atoms in total. The molecule has 1 aromatic heterocycles. The van der Waals surface area contributed by atoms with Gasteiger partial charge in [-0.15, -0.1) is 13.2 Å². The highest BCUT2D eigenvalue weighted by molar-refractivity contribution is 5.37. The van der Waals surface area contributed by atoms with E-state index in [4.69, 9.17) is 4.74 Å². The van der Waals surface area contributed by atoms with Crippen molar-refractivity contribution in [3.8, 4) is 11.6 Å². The van der Waals surface area contributed by atoms with Crippen molar-refractivity contribution in [1.82, 2.24) is 9.97 Å². The van der Waals surface area contributed by atoms with Gasteiger partial charge in [0.05, 0.1) is 12.7 Å². The number of hydrogen-bond acceptors (Lipinski definition) is 6. The second-order valence-electron chi connectivity index (χ2n) is 5.99. The van der Waals surface area contributed by atoms with Crippen LogP contribution in [-0.2, 0) is 5.60 Å². The van der Waals surface area contributed by atoms with Crippen molar-refractivity contribution >= 4 is 5.95 Å². The van der Waals surface area contributed by atoms with Gasteiger partial charge < -0.3 is 19.5 Å². The molecular formula is C17H18F3N3O3. The lowest BCUT2D eigenvalue weighted by atomic mass is 9.84. The molecule has 0 atom stereocenters. The number of ether oxygens (including phenoxy) is 2. The van der Waals surface area contributed by atoms with Crippen molar-refractivity contribution in [3.05, 3.63) is 42.1 Å². The number of aliphatic hydroxyl groups is 1. The second-order valence-corrected chi connectivity index (χ2v) is 5.99. The van der Waals surface area contributed by atoms with Crippen molar-refractivity contribution in [2.45, 2.75) is 24.8 Å². The predicted molar refractivity (Wildman–Crippen MR) is 87.1 cm³/mol. The van der Waals surface area contributed by atoms with Crippen LogP contribution in [0.4, 0.5) is 19.1 Å². The first-order valence-electron chi connectivity index (χ1n) is 8.00. The highest BCUT2D eigenvalue weighted by Crippen LogP contribution is 2.36. The number of halogens is 3. The van der Waals surface area contributed by atoms with Crippen molar-refractivity contribution in [1.29, 1.82) is 0 Å². The molecule has 1 fully saturated rings. The fraction of sp³-hybridized carbons (Fsp3) is 0.412. The predicted octanol–water partition coefficient (Wildman–Crippen LogP) is 2.87. The molecular weight excluding hydrogens is 351 g/mol. The van der Waals surface area contributed by atoms with Gasteiger partial charge in [0.25, 0.3) is 0 Å². The lowest BCUT2D eigenvalue weighted by Crippen LogP contribution is -2.43. The second kappa shape index (κ2) is 6.99. The Morgan fingerprint density at radius 2 is 1.92 bits per heavy atom. The maximum atomic E-state index is 12.4. The Labute approximate surface area is 148 Å². The van der Waals surface area contributed by atoms with Crippen molar-refractivity contribution in [2.24, 2.45) is 0 Å². The molecule has 9 heteroatoms. The van der Waals surface area contributed by atoms with Gasteiger partial charge in [0.1, 0.15) is 5.75 Å².